The maximum atomic E-state index is 11.5. The van der Waals surface area contributed by atoms with Gasteiger partial charge in [-0.2, -0.15) is 0 Å². The summed E-state index contributed by atoms with van der Waals surface area (Å²) >= 11 is 0. The van der Waals surface area contributed by atoms with Crippen LogP contribution in [0.25, 0.3) is 22.4 Å². The van der Waals surface area contributed by atoms with Crippen LogP contribution in [0.15, 0.2) is 36.7 Å². The third-order valence-corrected chi connectivity index (χ3v) is 3.87. The van der Waals surface area contributed by atoms with Gasteiger partial charge in [0.1, 0.15) is 11.9 Å². The minimum atomic E-state index is -0.933. The number of pyridine rings is 1. The van der Waals surface area contributed by atoms with Crippen LogP contribution in [0.2, 0.25) is 0 Å². The number of fused-ring (bicyclic) bond motifs is 2. The smallest absolute Gasteiger partial charge is 0.326 e. The van der Waals surface area contributed by atoms with Crippen molar-refractivity contribution in [1.29, 1.82) is 0 Å². The van der Waals surface area contributed by atoms with Crippen LogP contribution in [0.3, 0.4) is 0 Å². The van der Waals surface area contributed by atoms with E-state index >= 15 is 0 Å². The molecule has 0 bridgehead atoms. The van der Waals surface area contributed by atoms with Gasteiger partial charge in [0.2, 0.25) is 6.79 Å². The minimum absolute atomic E-state index is 0.160. The molecule has 7 heteroatoms. The average molecular weight is 311 g/mol. The number of ether oxygens (including phenoxy) is 2. The fourth-order valence-electron chi connectivity index (χ4n) is 2.69. The van der Waals surface area contributed by atoms with Gasteiger partial charge in [-0.15, -0.1) is 0 Å². The Balaban J connectivity index is 2.02. The predicted molar refractivity (Wildman–Crippen MR) is 81.4 cm³/mol. The highest BCUT2D eigenvalue weighted by atomic mass is 16.7. The SMILES string of the molecule is CC(C(=O)O)n1c(-c2ccncc2)nc2cc3c(cc21)OCO3. The van der Waals surface area contributed by atoms with E-state index in [-0.39, 0.29) is 6.79 Å². The Morgan fingerprint density at radius 3 is 2.65 bits per heavy atom. The third-order valence-electron chi connectivity index (χ3n) is 3.87. The molecule has 1 aliphatic rings. The van der Waals surface area contributed by atoms with Gasteiger partial charge < -0.3 is 19.1 Å². The van der Waals surface area contributed by atoms with Crippen molar-refractivity contribution >= 4 is 17.0 Å². The lowest BCUT2D eigenvalue weighted by Crippen LogP contribution is -2.16. The number of nitrogens with zero attached hydrogens (tertiary/aromatic N) is 3. The number of carbonyl (C=O) groups is 1. The maximum Gasteiger partial charge on any atom is 0.326 e. The zero-order valence-electron chi connectivity index (χ0n) is 12.3. The second-order valence-electron chi connectivity index (χ2n) is 5.25. The molecule has 1 aliphatic heterocycles. The summed E-state index contributed by atoms with van der Waals surface area (Å²) in [4.78, 5) is 20.1. The van der Waals surface area contributed by atoms with Crippen molar-refractivity contribution in [2.75, 3.05) is 6.79 Å². The number of carboxylic acids is 1. The van der Waals surface area contributed by atoms with Crippen molar-refractivity contribution in [3.63, 3.8) is 0 Å². The second kappa shape index (κ2) is 4.98. The predicted octanol–water partition coefficient (Wildman–Crippen LogP) is 2.47. The van der Waals surface area contributed by atoms with Crippen molar-refractivity contribution in [2.24, 2.45) is 0 Å². The first kappa shape index (κ1) is 13.6. The Kier molecular flexibility index (Phi) is 2.94. The lowest BCUT2D eigenvalue weighted by Gasteiger charge is -2.13. The molecule has 1 N–H and O–H groups in total. The number of aliphatic carboxylic acids is 1. The van der Waals surface area contributed by atoms with Gasteiger partial charge in [-0.05, 0) is 19.1 Å². The monoisotopic (exact) mass is 311 g/mol. The molecule has 0 aliphatic carbocycles. The molecule has 2 aromatic heterocycles. The number of benzene rings is 1. The topological polar surface area (TPSA) is 86.5 Å². The van der Waals surface area contributed by atoms with Crippen LogP contribution >= 0.6 is 0 Å². The molecular formula is C16H13N3O4. The molecule has 4 rings (SSSR count). The Hall–Kier alpha value is -3.09. The number of carboxylic acid groups (broad SMARTS) is 1. The third kappa shape index (κ3) is 2.09. The maximum absolute atomic E-state index is 11.5. The Morgan fingerprint density at radius 2 is 1.96 bits per heavy atom. The molecule has 0 radical (unpaired) electrons. The number of aromatic nitrogens is 3. The molecule has 1 unspecified atom stereocenters. The minimum Gasteiger partial charge on any atom is -0.480 e. The van der Waals surface area contributed by atoms with E-state index in [4.69, 9.17) is 9.47 Å². The normalized spacial score (nSPS) is 14.1. The van der Waals surface area contributed by atoms with Crippen LogP contribution in [-0.4, -0.2) is 32.4 Å². The van der Waals surface area contributed by atoms with Gasteiger partial charge >= 0.3 is 5.97 Å². The lowest BCUT2D eigenvalue weighted by atomic mass is 10.2. The molecule has 3 heterocycles. The summed E-state index contributed by atoms with van der Waals surface area (Å²) in [5.41, 5.74) is 2.15. The summed E-state index contributed by atoms with van der Waals surface area (Å²) in [7, 11) is 0. The molecule has 23 heavy (non-hydrogen) atoms. The highest BCUT2D eigenvalue weighted by Gasteiger charge is 2.25. The van der Waals surface area contributed by atoms with E-state index < -0.39 is 12.0 Å². The summed E-state index contributed by atoms with van der Waals surface area (Å²) < 4.78 is 12.5. The van der Waals surface area contributed by atoms with Crippen LogP contribution in [0.1, 0.15) is 13.0 Å². The Bertz CT molecular complexity index is 905. The molecule has 0 amide bonds. The molecule has 0 saturated carbocycles. The lowest BCUT2D eigenvalue weighted by molar-refractivity contribution is -0.140. The Morgan fingerprint density at radius 1 is 1.26 bits per heavy atom. The van der Waals surface area contributed by atoms with Crippen molar-refractivity contribution in [3.8, 4) is 22.9 Å². The van der Waals surface area contributed by atoms with E-state index in [1.54, 1.807) is 48.1 Å². The van der Waals surface area contributed by atoms with Gasteiger partial charge in [0.25, 0.3) is 0 Å². The summed E-state index contributed by atoms with van der Waals surface area (Å²) in [6.45, 7) is 1.78. The van der Waals surface area contributed by atoms with Crippen LogP contribution in [-0.2, 0) is 4.79 Å². The van der Waals surface area contributed by atoms with Crippen molar-refractivity contribution in [2.45, 2.75) is 13.0 Å². The van der Waals surface area contributed by atoms with E-state index in [9.17, 15) is 9.90 Å². The number of hydrogen-bond donors (Lipinski definition) is 1. The summed E-state index contributed by atoms with van der Waals surface area (Å²) in [6, 6.07) is 6.37. The second-order valence-corrected chi connectivity index (χ2v) is 5.25. The molecule has 3 aromatic rings. The zero-order chi connectivity index (χ0) is 16.0. The van der Waals surface area contributed by atoms with E-state index in [0.717, 1.165) is 5.56 Å². The highest BCUT2D eigenvalue weighted by Crippen LogP contribution is 2.38. The first-order valence-electron chi connectivity index (χ1n) is 7.10. The van der Waals surface area contributed by atoms with Crippen molar-refractivity contribution in [1.82, 2.24) is 14.5 Å². The Labute approximate surface area is 131 Å². The van der Waals surface area contributed by atoms with E-state index in [1.165, 1.54) is 0 Å². The molecule has 0 fully saturated rings. The molecular weight excluding hydrogens is 298 g/mol. The van der Waals surface area contributed by atoms with Crippen LogP contribution in [0.4, 0.5) is 0 Å². The van der Waals surface area contributed by atoms with E-state index in [1.807, 2.05) is 0 Å². The first-order valence-corrected chi connectivity index (χ1v) is 7.10. The molecule has 0 spiro atoms. The van der Waals surface area contributed by atoms with Gasteiger partial charge in [0, 0.05) is 30.1 Å². The average Bonchev–Trinajstić information content (AvgIpc) is 3.16. The summed E-state index contributed by atoms with van der Waals surface area (Å²) in [5.74, 6) is 0.849. The van der Waals surface area contributed by atoms with Gasteiger partial charge in [-0.25, -0.2) is 9.78 Å². The largest absolute Gasteiger partial charge is 0.480 e. The van der Waals surface area contributed by atoms with Gasteiger partial charge in [0.05, 0.1) is 11.0 Å². The summed E-state index contributed by atoms with van der Waals surface area (Å²) in [6.07, 6.45) is 3.30. The highest BCUT2D eigenvalue weighted by molar-refractivity contribution is 5.87. The van der Waals surface area contributed by atoms with Gasteiger partial charge in [0.15, 0.2) is 11.5 Å². The summed E-state index contributed by atoms with van der Waals surface area (Å²) in [5, 5.41) is 9.46. The quantitative estimate of drug-likeness (QED) is 0.799. The zero-order valence-corrected chi connectivity index (χ0v) is 12.3. The fraction of sp³-hybridized carbons (Fsp3) is 0.188. The molecule has 1 atom stereocenters. The molecule has 7 nitrogen and oxygen atoms in total. The standard InChI is InChI=1S/C16H13N3O4/c1-9(16(20)21)19-12-7-14-13(22-8-23-14)6-11(12)18-15(19)10-2-4-17-5-3-10/h2-7,9H,8H2,1H3,(H,20,21). The van der Waals surface area contributed by atoms with Crippen LogP contribution in [0.5, 0.6) is 11.5 Å². The number of hydrogen-bond acceptors (Lipinski definition) is 5. The van der Waals surface area contributed by atoms with Gasteiger partial charge in [-0.3, -0.25) is 4.98 Å². The van der Waals surface area contributed by atoms with Crippen LogP contribution < -0.4 is 9.47 Å². The fourth-order valence-corrected chi connectivity index (χ4v) is 2.69. The van der Waals surface area contributed by atoms with E-state index in [0.29, 0.717) is 28.4 Å². The number of rotatable bonds is 3. The molecule has 1 aromatic carbocycles. The van der Waals surface area contributed by atoms with Crippen LogP contribution in [0, 0.1) is 0 Å². The van der Waals surface area contributed by atoms with E-state index in [2.05, 4.69) is 9.97 Å². The van der Waals surface area contributed by atoms with Gasteiger partial charge in [-0.1, -0.05) is 0 Å². The van der Waals surface area contributed by atoms with Crippen molar-refractivity contribution in [3.05, 3.63) is 36.7 Å². The molecule has 0 saturated heterocycles. The van der Waals surface area contributed by atoms with Crippen molar-refractivity contribution < 1.29 is 19.4 Å². The first-order chi connectivity index (χ1) is 11.1. The number of imidazole rings is 1. The molecule has 116 valence electrons.